The van der Waals surface area contributed by atoms with Gasteiger partial charge >= 0.3 is 0 Å². The molecule has 152 valence electrons. The Labute approximate surface area is 172 Å². The lowest BCUT2D eigenvalue weighted by Gasteiger charge is -2.33. The van der Waals surface area contributed by atoms with E-state index in [1.165, 1.54) is 36.1 Å². The summed E-state index contributed by atoms with van der Waals surface area (Å²) in [5, 5.41) is 8.44. The third-order valence-electron chi connectivity index (χ3n) is 5.83. The van der Waals surface area contributed by atoms with Gasteiger partial charge in [-0.15, -0.1) is 0 Å². The summed E-state index contributed by atoms with van der Waals surface area (Å²) in [6.07, 6.45) is 2.42. The van der Waals surface area contributed by atoms with Crippen molar-refractivity contribution < 1.29 is 4.39 Å². The van der Waals surface area contributed by atoms with E-state index in [2.05, 4.69) is 52.6 Å². The van der Waals surface area contributed by atoms with Gasteiger partial charge in [0.25, 0.3) is 0 Å². The fourth-order valence-electron chi connectivity index (χ4n) is 4.22. The number of hydrogen-bond donors (Lipinski definition) is 1. The quantitative estimate of drug-likeness (QED) is 0.676. The van der Waals surface area contributed by atoms with Crippen LogP contribution in [0.5, 0.6) is 0 Å². The number of nitrogens with zero attached hydrogens (tertiary/aromatic N) is 3. The number of rotatable bonds is 6. The van der Waals surface area contributed by atoms with Crippen LogP contribution in [0.15, 0.2) is 54.6 Å². The summed E-state index contributed by atoms with van der Waals surface area (Å²) in [5.41, 5.74) is 5.63. The molecule has 1 saturated heterocycles. The minimum Gasteiger partial charge on any atom is -0.309 e. The van der Waals surface area contributed by atoms with Gasteiger partial charge in [0.15, 0.2) is 0 Å². The van der Waals surface area contributed by atoms with Gasteiger partial charge in [0.1, 0.15) is 5.82 Å². The van der Waals surface area contributed by atoms with E-state index in [0.29, 0.717) is 6.04 Å². The Morgan fingerprint density at radius 1 is 1.07 bits per heavy atom. The summed E-state index contributed by atoms with van der Waals surface area (Å²) in [4.78, 5) is 2.54. The minimum atomic E-state index is -0.227. The fraction of sp³-hybridized carbons (Fsp3) is 0.375. The molecule has 4 rings (SSSR count). The van der Waals surface area contributed by atoms with E-state index in [-0.39, 0.29) is 5.82 Å². The molecule has 1 unspecified atom stereocenters. The minimum absolute atomic E-state index is 0.227. The maximum atomic E-state index is 13.2. The molecule has 0 radical (unpaired) electrons. The van der Waals surface area contributed by atoms with Crippen LogP contribution in [0.4, 0.5) is 4.39 Å². The first kappa shape index (κ1) is 19.8. The Kier molecular flexibility index (Phi) is 6.07. The first-order chi connectivity index (χ1) is 14.1. The van der Waals surface area contributed by atoms with Crippen LogP contribution in [-0.4, -0.2) is 33.8 Å². The SMILES string of the molecule is Cc1nn(-c2ccc(F)cc2)c(C)c1CNC1CCCN(Cc2ccccc2)C1. The molecule has 1 aliphatic heterocycles. The van der Waals surface area contributed by atoms with Crippen molar-refractivity contribution in [2.75, 3.05) is 13.1 Å². The van der Waals surface area contributed by atoms with Crippen LogP contribution >= 0.6 is 0 Å². The Hall–Kier alpha value is -2.50. The van der Waals surface area contributed by atoms with Crippen LogP contribution < -0.4 is 5.32 Å². The zero-order chi connectivity index (χ0) is 20.2. The molecule has 5 heteroatoms. The molecule has 2 aromatic carbocycles. The normalized spacial score (nSPS) is 17.6. The first-order valence-corrected chi connectivity index (χ1v) is 10.4. The highest BCUT2D eigenvalue weighted by atomic mass is 19.1. The van der Waals surface area contributed by atoms with Crippen molar-refractivity contribution in [1.29, 1.82) is 0 Å². The average Bonchev–Trinajstić information content (AvgIpc) is 3.02. The van der Waals surface area contributed by atoms with E-state index < -0.39 is 0 Å². The molecular formula is C24H29FN4. The summed E-state index contributed by atoms with van der Waals surface area (Å²) >= 11 is 0. The van der Waals surface area contributed by atoms with Crippen molar-refractivity contribution in [1.82, 2.24) is 20.0 Å². The average molecular weight is 393 g/mol. The van der Waals surface area contributed by atoms with Crippen LogP contribution in [0.1, 0.15) is 35.4 Å². The molecule has 1 aliphatic rings. The molecular weight excluding hydrogens is 363 g/mol. The van der Waals surface area contributed by atoms with Gasteiger partial charge in [0.2, 0.25) is 0 Å². The number of nitrogens with one attached hydrogen (secondary N) is 1. The molecule has 1 aromatic heterocycles. The van der Waals surface area contributed by atoms with Gasteiger partial charge in [0.05, 0.1) is 11.4 Å². The van der Waals surface area contributed by atoms with Crippen molar-refractivity contribution in [2.24, 2.45) is 0 Å². The van der Waals surface area contributed by atoms with Crippen molar-refractivity contribution >= 4 is 0 Å². The number of hydrogen-bond acceptors (Lipinski definition) is 3. The maximum Gasteiger partial charge on any atom is 0.123 e. The number of benzene rings is 2. The number of aryl methyl sites for hydroxylation is 1. The molecule has 4 nitrogen and oxygen atoms in total. The monoisotopic (exact) mass is 392 g/mol. The molecule has 1 atom stereocenters. The lowest BCUT2D eigenvalue weighted by molar-refractivity contribution is 0.182. The Morgan fingerprint density at radius 3 is 2.59 bits per heavy atom. The third kappa shape index (κ3) is 4.74. The van der Waals surface area contributed by atoms with Gasteiger partial charge in [-0.2, -0.15) is 5.10 Å². The Balaban J connectivity index is 1.39. The van der Waals surface area contributed by atoms with Crippen molar-refractivity contribution in [3.05, 3.63) is 82.9 Å². The standard InChI is InChI=1S/C24H29FN4/c1-18-24(19(2)29(27-18)23-12-10-21(25)11-13-23)15-26-22-9-6-14-28(17-22)16-20-7-4-3-5-8-20/h3-5,7-8,10-13,22,26H,6,9,14-17H2,1-2H3. The highest BCUT2D eigenvalue weighted by Gasteiger charge is 2.21. The van der Waals surface area contributed by atoms with Gasteiger partial charge in [-0.3, -0.25) is 4.90 Å². The maximum absolute atomic E-state index is 13.2. The number of likely N-dealkylation sites (tertiary alicyclic amines) is 1. The number of aromatic nitrogens is 2. The Bertz CT molecular complexity index is 934. The number of piperidine rings is 1. The summed E-state index contributed by atoms with van der Waals surface area (Å²) < 4.78 is 15.2. The van der Waals surface area contributed by atoms with Crippen LogP contribution in [-0.2, 0) is 13.1 Å². The van der Waals surface area contributed by atoms with E-state index in [1.54, 1.807) is 12.1 Å². The van der Waals surface area contributed by atoms with Crippen molar-refractivity contribution in [2.45, 2.75) is 45.8 Å². The zero-order valence-corrected chi connectivity index (χ0v) is 17.2. The van der Waals surface area contributed by atoms with E-state index in [1.807, 2.05) is 11.6 Å². The van der Waals surface area contributed by atoms with E-state index >= 15 is 0 Å². The lowest BCUT2D eigenvalue weighted by atomic mass is 10.0. The molecule has 29 heavy (non-hydrogen) atoms. The zero-order valence-electron chi connectivity index (χ0n) is 17.2. The molecule has 1 fully saturated rings. The van der Waals surface area contributed by atoms with E-state index in [9.17, 15) is 4.39 Å². The van der Waals surface area contributed by atoms with Crippen LogP contribution in [0, 0.1) is 19.7 Å². The van der Waals surface area contributed by atoms with Gasteiger partial charge in [0, 0.05) is 36.9 Å². The second-order valence-corrected chi connectivity index (χ2v) is 7.98. The second kappa shape index (κ2) is 8.89. The molecule has 0 spiro atoms. The fourth-order valence-corrected chi connectivity index (χ4v) is 4.22. The Morgan fingerprint density at radius 2 is 1.83 bits per heavy atom. The molecule has 2 heterocycles. The van der Waals surface area contributed by atoms with Crippen LogP contribution in [0.3, 0.4) is 0 Å². The highest BCUT2D eigenvalue weighted by molar-refractivity contribution is 5.37. The topological polar surface area (TPSA) is 33.1 Å². The highest BCUT2D eigenvalue weighted by Crippen LogP contribution is 2.20. The van der Waals surface area contributed by atoms with Crippen molar-refractivity contribution in [3.63, 3.8) is 0 Å². The molecule has 3 aromatic rings. The second-order valence-electron chi connectivity index (χ2n) is 7.98. The molecule has 0 aliphatic carbocycles. The van der Waals surface area contributed by atoms with Crippen molar-refractivity contribution in [3.8, 4) is 5.69 Å². The predicted octanol–water partition coefficient (Wildman–Crippen LogP) is 4.38. The molecule has 1 N–H and O–H groups in total. The summed E-state index contributed by atoms with van der Waals surface area (Å²) in [6.45, 7) is 8.19. The van der Waals surface area contributed by atoms with Gasteiger partial charge < -0.3 is 5.32 Å². The molecule has 0 bridgehead atoms. The van der Waals surface area contributed by atoms with Gasteiger partial charge in [-0.1, -0.05) is 30.3 Å². The first-order valence-electron chi connectivity index (χ1n) is 10.4. The summed E-state index contributed by atoms with van der Waals surface area (Å²) in [6, 6.07) is 17.7. The van der Waals surface area contributed by atoms with E-state index in [0.717, 1.165) is 43.3 Å². The molecule has 0 saturated carbocycles. The van der Waals surface area contributed by atoms with E-state index in [4.69, 9.17) is 0 Å². The largest absolute Gasteiger partial charge is 0.309 e. The smallest absolute Gasteiger partial charge is 0.123 e. The summed E-state index contributed by atoms with van der Waals surface area (Å²) in [7, 11) is 0. The van der Waals surface area contributed by atoms with Gasteiger partial charge in [-0.05, 0) is 63.1 Å². The molecule has 0 amide bonds. The summed E-state index contributed by atoms with van der Waals surface area (Å²) in [5.74, 6) is -0.227. The third-order valence-corrected chi connectivity index (χ3v) is 5.83. The van der Waals surface area contributed by atoms with Crippen LogP contribution in [0.2, 0.25) is 0 Å². The van der Waals surface area contributed by atoms with Crippen LogP contribution in [0.25, 0.3) is 5.69 Å². The van der Waals surface area contributed by atoms with Gasteiger partial charge in [-0.25, -0.2) is 9.07 Å². The lowest BCUT2D eigenvalue weighted by Crippen LogP contribution is -2.45. The predicted molar refractivity (Wildman–Crippen MR) is 115 cm³/mol. The number of halogens is 1.